The van der Waals surface area contributed by atoms with Crippen molar-refractivity contribution in [1.29, 1.82) is 0 Å². The molecular formula is C16H34N2O5. The lowest BCUT2D eigenvalue weighted by Gasteiger charge is -2.23. The molecule has 0 heterocycles. The molecule has 0 saturated carbocycles. The maximum absolute atomic E-state index is 9.89. The quantitative estimate of drug-likeness (QED) is 0.384. The third-order valence-corrected chi connectivity index (χ3v) is 1.94. The van der Waals surface area contributed by atoms with Gasteiger partial charge in [0.15, 0.2) is 0 Å². The van der Waals surface area contributed by atoms with Gasteiger partial charge >= 0.3 is 5.97 Å². The summed E-state index contributed by atoms with van der Waals surface area (Å²) in [7, 11) is 9.47. The van der Waals surface area contributed by atoms with Crippen LogP contribution >= 0.6 is 0 Å². The van der Waals surface area contributed by atoms with Crippen LogP contribution in [0.1, 0.15) is 20.3 Å². The van der Waals surface area contributed by atoms with Gasteiger partial charge in [-0.2, -0.15) is 0 Å². The van der Waals surface area contributed by atoms with Crippen molar-refractivity contribution in [2.24, 2.45) is 0 Å². The van der Waals surface area contributed by atoms with Gasteiger partial charge in [-0.1, -0.05) is 19.1 Å². The Bertz CT molecular complexity index is 336. The molecule has 7 heteroatoms. The number of hydrogen-bond donors (Lipinski definition) is 1. The third-order valence-electron chi connectivity index (χ3n) is 1.94. The number of carbonyl (C=O) groups is 2. The largest absolute Gasteiger partial charge is 0.544 e. The molecule has 23 heavy (non-hydrogen) atoms. The Labute approximate surface area is 140 Å². The Balaban J connectivity index is -0.000000276. The van der Waals surface area contributed by atoms with Crippen molar-refractivity contribution in [3.8, 4) is 0 Å². The molecule has 0 fully saturated rings. The van der Waals surface area contributed by atoms with Crippen LogP contribution in [0.2, 0.25) is 0 Å². The van der Waals surface area contributed by atoms with Crippen molar-refractivity contribution in [2.75, 3.05) is 61.5 Å². The van der Waals surface area contributed by atoms with Gasteiger partial charge in [-0.05, 0) is 21.0 Å². The Hall–Kier alpha value is -1.44. The van der Waals surface area contributed by atoms with Gasteiger partial charge in [0.2, 0.25) is 0 Å². The van der Waals surface area contributed by atoms with Crippen LogP contribution in [0.25, 0.3) is 0 Å². The van der Waals surface area contributed by atoms with E-state index in [2.05, 4.69) is 11.5 Å². The molecule has 0 unspecified atom stereocenters. The lowest BCUT2D eigenvalue weighted by molar-refractivity contribution is -0.864. The van der Waals surface area contributed by atoms with Crippen LogP contribution in [0.15, 0.2) is 12.2 Å². The first kappa shape index (κ1) is 26.5. The van der Waals surface area contributed by atoms with Crippen molar-refractivity contribution in [1.82, 2.24) is 4.90 Å². The van der Waals surface area contributed by atoms with Gasteiger partial charge in [0.1, 0.15) is 6.54 Å². The second-order valence-corrected chi connectivity index (χ2v) is 6.38. The number of carboxylic acids is 2. The summed E-state index contributed by atoms with van der Waals surface area (Å²) >= 11 is 0. The molecule has 0 aliphatic heterocycles. The van der Waals surface area contributed by atoms with Gasteiger partial charge in [0, 0.05) is 13.0 Å². The van der Waals surface area contributed by atoms with Crippen LogP contribution in [-0.4, -0.2) is 88.0 Å². The molecule has 0 atom stereocenters. The first-order valence-electron chi connectivity index (χ1n) is 7.40. The molecule has 0 aromatic rings. The van der Waals surface area contributed by atoms with E-state index in [1.165, 1.54) is 0 Å². The zero-order valence-corrected chi connectivity index (χ0v) is 15.7. The maximum Gasteiger partial charge on any atom is 0.303 e. The number of nitrogens with zero attached hydrogens (tertiary/aromatic N) is 2. The van der Waals surface area contributed by atoms with E-state index in [1.54, 1.807) is 28.1 Å². The number of ether oxygens (including phenoxy) is 1. The highest BCUT2D eigenvalue weighted by molar-refractivity contribution is 5.66. The number of hydrogen-bond acceptors (Lipinski definition) is 5. The van der Waals surface area contributed by atoms with Crippen LogP contribution in [0.5, 0.6) is 0 Å². The lowest BCUT2D eigenvalue weighted by Crippen LogP contribution is -2.45. The number of aliphatic carboxylic acids is 2. The topological polar surface area (TPSA) is 89.9 Å². The van der Waals surface area contributed by atoms with Crippen LogP contribution in [0.4, 0.5) is 0 Å². The predicted molar refractivity (Wildman–Crippen MR) is 90.0 cm³/mol. The highest BCUT2D eigenvalue weighted by Crippen LogP contribution is 1.87. The van der Waals surface area contributed by atoms with Gasteiger partial charge in [0.05, 0.1) is 40.3 Å². The molecule has 0 rings (SSSR count). The summed E-state index contributed by atoms with van der Waals surface area (Å²) in [6.07, 6.45) is 0.222. The summed E-state index contributed by atoms with van der Waals surface area (Å²) in [5.41, 5.74) is 1.08. The minimum absolute atomic E-state index is 0.0694. The molecule has 0 saturated heterocycles. The number of carbonyl (C=O) groups excluding carboxylic acids is 1. The van der Waals surface area contributed by atoms with Gasteiger partial charge in [0.25, 0.3) is 0 Å². The van der Waals surface area contributed by atoms with Crippen LogP contribution in [0, 0.1) is 0 Å². The zero-order chi connectivity index (χ0) is 19.1. The van der Waals surface area contributed by atoms with E-state index in [-0.39, 0.29) is 13.0 Å². The number of carboxylic acid groups (broad SMARTS) is 2. The predicted octanol–water partition coefficient (Wildman–Crippen LogP) is 0.0642. The molecule has 0 spiro atoms. The maximum atomic E-state index is 9.89. The van der Waals surface area contributed by atoms with E-state index < -0.39 is 11.9 Å². The third kappa shape index (κ3) is 44.9. The van der Waals surface area contributed by atoms with Crippen molar-refractivity contribution < 1.29 is 29.0 Å². The Morgan fingerprint density at radius 2 is 1.70 bits per heavy atom. The Kier molecular flexibility index (Phi) is 17.8. The zero-order valence-electron chi connectivity index (χ0n) is 15.7. The standard InChI is InChI=1S/C8H17NO.C5H11NO2.C3H6O2/c1-8(2)7-10-6-5-9(3)4;1-6(2,3)4-5(7)8;1-2-3(4)5/h1,5-7H2,2-4H3;4H2,1-3H3;2H2,1H3,(H,4,5). The van der Waals surface area contributed by atoms with Crippen molar-refractivity contribution in [3.63, 3.8) is 0 Å². The molecule has 1 N–H and O–H groups in total. The summed E-state index contributed by atoms with van der Waals surface area (Å²) in [6.45, 7) is 9.83. The van der Waals surface area contributed by atoms with E-state index in [0.717, 1.165) is 18.7 Å². The molecule has 0 aliphatic carbocycles. The fraction of sp³-hybridized carbons (Fsp3) is 0.750. The highest BCUT2D eigenvalue weighted by Gasteiger charge is 2.04. The summed E-state index contributed by atoms with van der Waals surface area (Å²) < 4.78 is 5.68. The average Bonchev–Trinajstić information content (AvgIpc) is 2.32. The van der Waals surface area contributed by atoms with Crippen LogP contribution in [0.3, 0.4) is 0 Å². The molecule has 7 nitrogen and oxygen atoms in total. The van der Waals surface area contributed by atoms with Crippen molar-refractivity contribution in [3.05, 3.63) is 12.2 Å². The molecule has 0 bridgehead atoms. The Morgan fingerprint density at radius 1 is 1.26 bits per heavy atom. The minimum atomic E-state index is -1.00. The smallest absolute Gasteiger partial charge is 0.303 e. The monoisotopic (exact) mass is 334 g/mol. The second-order valence-electron chi connectivity index (χ2n) is 6.38. The van der Waals surface area contributed by atoms with E-state index in [1.807, 2.05) is 21.0 Å². The summed E-state index contributed by atoms with van der Waals surface area (Å²) in [5.74, 6) is -1.75. The number of quaternary nitrogens is 1. The number of likely N-dealkylation sites (N-methyl/N-ethyl adjacent to an activating group) is 2. The number of rotatable bonds is 8. The average molecular weight is 334 g/mol. The molecule has 0 aromatic carbocycles. The summed E-state index contributed by atoms with van der Waals surface area (Å²) in [6, 6.07) is 0. The first-order chi connectivity index (χ1) is 10.3. The van der Waals surface area contributed by atoms with E-state index in [4.69, 9.17) is 9.84 Å². The molecular weight excluding hydrogens is 300 g/mol. The van der Waals surface area contributed by atoms with Gasteiger partial charge in [-0.3, -0.25) is 4.79 Å². The molecule has 0 radical (unpaired) electrons. The van der Waals surface area contributed by atoms with E-state index in [0.29, 0.717) is 11.1 Å². The lowest BCUT2D eigenvalue weighted by atomic mass is 10.4. The van der Waals surface area contributed by atoms with Crippen molar-refractivity contribution in [2.45, 2.75) is 20.3 Å². The summed E-state index contributed by atoms with van der Waals surface area (Å²) in [4.78, 5) is 21.4. The molecule has 0 aromatic heterocycles. The summed E-state index contributed by atoms with van der Waals surface area (Å²) in [5, 5.41) is 17.6. The van der Waals surface area contributed by atoms with Gasteiger partial charge in [-0.25, -0.2) is 0 Å². The fourth-order valence-electron chi connectivity index (χ4n) is 0.881. The van der Waals surface area contributed by atoms with E-state index >= 15 is 0 Å². The SMILES string of the molecule is C=C(C)COCCN(C)C.CCC(=O)O.C[N+](C)(C)CC(=O)[O-]. The molecule has 138 valence electrons. The second kappa shape index (κ2) is 15.5. The fourth-order valence-corrected chi connectivity index (χ4v) is 0.881. The normalized spacial score (nSPS) is 10.1. The van der Waals surface area contributed by atoms with Crippen LogP contribution in [-0.2, 0) is 14.3 Å². The van der Waals surface area contributed by atoms with E-state index in [9.17, 15) is 14.7 Å². The molecule has 0 amide bonds. The minimum Gasteiger partial charge on any atom is -0.544 e. The van der Waals surface area contributed by atoms with Gasteiger partial charge in [-0.15, -0.1) is 0 Å². The van der Waals surface area contributed by atoms with Crippen LogP contribution < -0.4 is 5.11 Å². The Morgan fingerprint density at radius 3 is 1.87 bits per heavy atom. The van der Waals surface area contributed by atoms with Gasteiger partial charge < -0.3 is 29.1 Å². The van der Waals surface area contributed by atoms with Crippen molar-refractivity contribution >= 4 is 11.9 Å². The first-order valence-corrected chi connectivity index (χ1v) is 7.40. The molecule has 0 aliphatic rings. The highest BCUT2D eigenvalue weighted by atomic mass is 16.5.